The van der Waals surface area contributed by atoms with Crippen LogP contribution in [0, 0.1) is 0 Å². The number of aryl methyl sites for hydroxylation is 1. The zero-order chi connectivity index (χ0) is 16.1. The van der Waals surface area contributed by atoms with E-state index in [1.54, 1.807) is 24.3 Å². The molecule has 23 heavy (non-hydrogen) atoms. The fourth-order valence-electron chi connectivity index (χ4n) is 2.32. The lowest BCUT2D eigenvalue weighted by Crippen LogP contribution is -2.29. The highest BCUT2D eigenvalue weighted by atomic mass is 35.5. The van der Waals surface area contributed by atoms with Gasteiger partial charge in [-0.3, -0.25) is 0 Å². The van der Waals surface area contributed by atoms with Gasteiger partial charge in [-0.05, 0) is 36.8 Å². The molecule has 0 saturated heterocycles. The lowest BCUT2D eigenvalue weighted by molar-refractivity contribution is 0.252. The number of nitrogens with zero attached hydrogens (tertiary/aromatic N) is 1. The Morgan fingerprint density at radius 3 is 2.87 bits per heavy atom. The van der Waals surface area contributed by atoms with Crippen molar-refractivity contribution < 1.29 is 4.79 Å². The predicted octanol–water partition coefficient (Wildman–Crippen LogP) is 3.97. The molecule has 6 heteroatoms. The van der Waals surface area contributed by atoms with Crippen LogP contribution >= 0.6 is 11.6 Å². The molecule has 0 unspecified atom stereocenters. The standard InChI is InChI=1S/C17H17ClN4O/c18-12-5-3-6-13(11-12)20-17(23)19-10-4-9-16-21-14-7-1-2-8-15(14)22-16/h1-3,5-8,11H,4,9-10H2,(H,21,22)(H2,19,20,23). The lowest BCUT2D eigenvalue weighted by Gasteiger charge is -2.07. The molecular formula is C17H17ClN4O. The van der Waals surface area contributed by atoms with Gasteiger partial charge in [-0.2, -0.15) is 0 Å². The van der Waals surface area contributed by atoms with Crippen LogP contribution in [-0.4, -0.2) is 22.5 Å². The summed E-state index contributed by atoms with van der Waals surface area (Å²) < 4.78 is 0. The zero-order valence-corrected chi connectivity index (χ0v) is 13.2. The molecule has 0 aliphatic carbocycles. The topological polar surface area (TPSA) is 69.8 Å². The summed E-state index contributed by atoms with van der Waals surface area (Å²) in [6.45, 7) is 0.573. The molecule has 0 aliphatic rings. The number of amides is 2. The SMILES string of the molecule is O=C(NCCCc1nc2ccccc2[nH]1)Nc1cccc(Cl)c1. The zero-order valence-electron chi connectivity index (χ0n) is 12.5. The third-order valence-corrected chi connectivity index (χ3v) is 3.63. The molecule has 3 N–H and O–H groups in total. The number of halogens is 1. The minimum atomic E-state index is -0.239. The van der Waals surface area contributed by atoms with Crippen LogP contribution in [0.4, 0.5) is 10.5 Å². The highest BCUT2D eigenvalue weighted by molar-refractivity contribution is 6.30. The monoisotopic (exact) mass is 328 g/mol. The molecule has 0 radical (unpaired) electrons. The number of hydrogen-bond acceptors (Lipinski definition) is 2. The Morgan fingerprint density at radius 1 is 1.17 bits per heavy atom. The fourth-order valence-corrected chi connectivity index (χ4v) is 2.51. The van der Waals surface area contributed by atoms with Crippen LogP contribution < -0.4 is 10.6 Å². The van der Waals surface area contributed by atoms with Gasteiger partial charge in [0.1, 0.15) is 5.82 Å². The normalized spacial score (nSPS) is 10.7. The maximum Gasteiger partial charge on any atom is 0.319 e. The first kappa shape index (κ1) is 15.4. The summed E-state index contributed by atoms with van der Waals surface area (Å²) >= 11 is 5.87. The first-order chi connectivity index (χ1) is 11.2. The number of urea groups is 1. The first-order valence-corrected chi connectivity index (χ1v) is 7.82. The molecule has 0 aliphatic heterocycles. The number of aromatic amines is 1. The molecule has 1 heterocycles. The number of anilines is 1. The van der Waals surface area contributed by atoms with Crippen LogP contribution in [-0.2, 0) is 6.42 Å². The van der Waals surface area contributed by atoms with Crippen molar-refractivity contribution in [3.63, 3.8) is 0 Å². The van der Waals surface area contributed by atoms with Gasteiger partial charge >= 0.3 is 6.03 Å². The van der Waals surface area contributed by atoms with Crippen molar-refractivity contribution >= 4 is 34.4 Å². The van der Waals surface area contributed by atoms with Crippen molar-refractivity contribution in [2.75, 3.05) is 11.9 Å². The smallest absolute Gasteiger partial charge is 0.319 e. The average molecular weight is 329 g/mol. The van der Waals surface area contributed by atoms with E-state index in [-0.39, 0.29) is 6.03 Å². The van der Waals surface area contributed by atoms with E-state index < -0.39 is 0 Å². The number of aromatic nitrogens is 2. The summed E-state index contributed by atoms with van der Waals surface area (Å²) in [6, 6.07) is 14.7. The van der Waals surface area contributed by atoms with Crippen molar-refractivity contribution in [3.8, 4) is 0 Å². The highest BCUT2D eigenvalue weighted by Crippen LogP contribution is 2.14. The van der Waals surface area contributed by atoms with E-state index in [2.05, 4.69) is 20.6 Å². The van der Waals surface area contributed by atoms with Crippen LogP contribution in [0.2, 0.25) is 5.02 Å². The van der Waals surface area contributed by atoms with Gasteiger partial charge in [0.2, 0.25) is 0 Å². The summed E-state index contributed by atoms with van der Waals surface area (Å²) in [5.74, 6) is 0.934. The molecule has 0 bridgehead atoms. The van der Waals surface area contributed by atoms with Crippen LogP contribution in [0.5, 0.6) is 0 Å². The van der Waals surface area contributed by atoms with E-state index in [0.717, 1.165) is 29.7 Å². The summed E-state index contributed by atoms with van der Waals surface area (Å²) in [5.41, 5.74) is 2.68. The minimum absolute atomic E-state index is 0.239. The third kappa shape index (κ3) is 4.23. The average Bonchev–Trinajstić information content (AvgIpc) is 2.94. The number of hydrogen-bond donors (Lipinski definition) is 3. The van der Waals surface area contributed by atoms with Crippen LogP contribution in [0.1, 0.15) is 12.2 Å². The fraction of sp³-hybridized carbons (Fsp3) is 0.176. The molecule has 2 aromatic carbocycles. The van der Waals surface area contributed by atoms with Gasteiger partial charge in [-0.25, -0.2) is 9.78 Å². The highest BCUT2D eigenvalue weighted by Gasteiger charge is 2.04. The van der Waals surface area contributed by atoms with E-state index in [9.17, 15) is 4.79 Å². The Labute approximate surface area is 139 Å². The number of fused-ring (bicyclic) bond motifs is 1. The van der Waals surface area contributed by atoms with Crippen LogP contribution in [0.3, 0.4) is 0 Å². The van der Waals surface area contributed by atoms with E-state index in [1.807, 2.05) is 24.3 Å². The number of carbonyl (C=O) groups excluding carboxylic acids is 1. The predicted molar refractivity (Wildman–Crippen MR) is 92.9 cm³/mol. The number of carbonyl (C=O) groups is 1. The molecular weight excluding hydrogens is 312 g/mol. The van der Waals surface area contributed by atoms with Gasteiger partial charge in [0.25, 0.3) is 0 Å². The molecule has 2 amide bonds. The van der Waals surface area contributed by atoms with Crippen molar-refractivity contribution in [3.05, 3.63) is 59.4 Å². The van der Waals surface area contributed by atoms with E-state index in [4.69, 9.17) is 11.6 Å². The summed E-state index contributed by atoms with van der Waals surface area (Å²) in [4.78, 5) is 19.6. The number of nitrogens with one attached hydrogen (secondary N) is 3. The third-order valence-electron chi connectivity index (χ3n) is 3.40. The van der Waals surface area contributed by atoms with Crippen LogP contribution in [0.25, 0.3) is 11.0 Å². The molecule has 0 atom stereocenters. The van der Waals surface area contributed by atoms with Crippen LogP contribution in [0.15, 0.2) is 48.5 Å². The number of rotatable bonds is 5. The lowest BCUT2D eigenvalue weighted by atomic mass is 10.3. The number of para-hydroxylation sites is 2. The van der Waals surface area contributed by atoms with Crippen molar-refractivity contribution in [2.45, 2.75) is 12.8 Å². The second-order valence-corrected chi connectivity index (χ2v) is 5.63. The number of H-pyrrole nitrogens is 1. The van der Waals surface area contributed by atoms with Crippen molar-refractivity contribution in [1.29, 1.82) is 0 Å². The molecule has 3 rings (SSSR count). The van der Waals surface area contributed by atoms with Gasteiger partial charge < -0.3 is 15.6 Å². The Balaban J connectivity index is 1.43. The molecule has 3 aromatic rings. The van der Waals surface area contributed by atoms with Gasteiger partial charge in [-0.1, -0.05) is 29.8 Å². The maximum atomic E-state index is 11.8. The molecule has 1 aromatic heterocycles. The Bertz CT molecular complexity index is 782. The van der Waals surface area contributed by atoms with E-state index >= 15 is 0 Å². The second-order valence-electron chi connectivity index (χ2n) is 5.20. The number of benzene rings is 2. The largest absolute Gasteiger partial charge is 0.342 e. The maximum absolute atomic E-state index is 11.8. The van der Waals surface area contributed by atoms with E-state index in [0.29, 0.717) is 17.3 Å². The molecule has 5 nitrogen and oxygen atoms in total. The van der Waals surface area contributed by atoms with Gasteiger partial charge in [-0.15, -0.1) is 0 Å². The van der Waals surface area contributed by atoms with Crippen molar-refractivity contribution in [2.24, 2.45) is 0 Å². The first-order valence-electron chi connectivity index (χ1n) is 7.45. The Hall–Kier alpha value is -2.53. The van der Waals surface area contributed by atoms with Gasteiger partial charge in [0.15, 0.2) is 0 Å². The van der Waals surface area contributed by atoms with Gasteiger partial charge in [0, 0.05) is 23.7 Å². The second kappa shape index (κ2) is 7.15. The Morgan fingerprint density at radius 2 is 2.04 bits per heavy atom. The summed E-state index contributed by atoms with van der Waals surface area (Å²) in [6.07, 6.45) is 1.59. The summed E-state index contributed by atoms with van der Waals surface area (Å²) in [5, 5.41) is 6.16. The van der Waals surface area contributed by atoms with Crippen molar-refractivity contribution in [1.82, 2.24) is 15.3 Å². The molecule has 0 saturated carbocycles. The quantitative estimate of drug-likeness (QED) is 0.620. The summed E-state index contributed by atoms with van der Waals surface area (Å²) in [7, 11) is 0. The molecule has 0 fully saturated rings. The number of imidazole rings is 1. The Kier molecular flexibility index (Phi) is 4.78. The minimum Gasteiger partial charge on any atom is -0.342 e. The molecule has 0 spiro atoms. The van der Waals surface area contributed by atoms with Gasteiger partial charge in [0.05, 0.1) is 11.0 Å². The van der Waals surface area contributed by atoms with E-state index in [1.165, 1.54) is 0 Å². The molecule has 118 valence electrons.